The van der Waals surface area contributed by atoms with Crippen molar-refractivity contribution >= 4 is 18.6 Å². The van der Waals surface area contributed by atoms with Crippen LogP contribution in [0.3, 0.4) is 0 Å². The third-order valence-corrected chi connectivity index (χ3v) is 2.32. The van der Waals surface area contributed by atoms with Gasteiger partial charge < -0.3 is 14.4 Å². The minimum absolute atomic E-state index is 0. The first-order valence-electron chi connectivity index (χ1n) is 3.20. The summed E-state index contributed by atoms with van der Waals surface area (Å²) in [5, 5.41) is 7.95. The van der Waals surface area contributed by atoms with Crippen LogP contribution in [-0.2, 0) is 21.6 Å². The zero-order chi connectivity index (χ0) is 10.1. The van der Waals surface area contributed by atoms with Crippen molar-refractivity contribution < 1.29 is 41.6 Å². The van der Waals surface area contributed by atoms with E-state index in [1.807, 2.05) is 0 Å². The van der Waals surface area contributed by atoms with Gasteiger partial charge in [0.2, 0.25) is 0 Å². The maximum absolute atomic E-state index is 10.4. The molecule has 0 saturated heterocycles. The largest absolute Gasteiger partial charge is 0.807 e. The molecule has 0 aliphatic rings. The summed E-state index contributed by atoms with van der Waals surface area (Å²) in [6.45, 7) is 0. The van der Waals surface area contributed by atoms with Gasteiger partial charge in [-0.25, -0.2) is 5.21 Å². The smallest absolute Gasteiger partial charge is 0.316 e. The number of rotatable bonds is 2. The van der Waals surface area contributed by atoms with Crippen LogP contribution in [0.1, 0.15) is 0 Å². The van der Waals surface area contributed by atoms with Crippen molar-refractivity contribution in [2.75, 3.05) is 0 Å². The molecule has 0 aromatic heterocycles. The summed E-state index contributed by atoms with van der Waals surface area (Å²) in [4.78, 5) is 30.7. The minimum Gasteiger partial charge on any atom is -0.807 e. The van der Waals surface area contributed by atoms with E-state index in [2.05, 4.69) is 0 Å². The molecule has 0 fully saturated rings. The van der Waals surface area contributed by atoms with Crippen molar-refractivity contribution in [1.29, 1.82) is 0 Å². The first kappa shape index (κ1) is 13.3. The van der Waals surface area contributed by atoms with Crippen LogP contribution in [0.2, 0.25) is 0 Å². The Morgan fingerprint density at radius 1 is 1.21 bits per heavy atom. The van der Waals surface area contributed by atoms with Crippen molar-refractivity contribution in [2.24, 2.45) is 0 Å². The molecule has 14 heavy (non-hydrogen) atoms. The van der Waals surface area contributed by atoms with Gasteiger partial charge in [0, 0.05) is 29.2 Å². The van der Waals surface area contributed by atoms with Gasteiger partial charge in [-0.3, -0.25) is 0 Å². The molecule has 81 valence electrons. The molecule has 1 rings (SSSR count). The molecule has 0 unspecified atom stereocenters. The quantitative estimate of drug-likeness (QED) is 0.421. The summed E-state index contributed by atoms with van der Waals surface area (Å²) in [7, 11) is -4.77. The minimum atomic E-state index is -4.77. The molecule has 1 radical (unpaired) electrons. The maximum atomic E-state index is 10.4. The number of benzene rings is 1. The monoisotopic (exact) mass is 265 g/mol. The van der Waals surface area contributed by atoms with Crippen LogP contribution in [0.4, 0.5) is 5.69 Å². The molecule has 0 spiro atoms. The van der Waals surface area contributed by atoms with Gasteiger partial charge in [0.15, 0.2) is 0 Å². The van der Waals surface area contributed by atoms with E-state index in [0.717, 1.165) is 24.3 Å². The summed E-state index contributed by atoms with van der Waals surface area (Å²) in [5.74, 6) is 0. The van der Waals surface area contributed by atoms with E-state index in [1.165, 1.54) is 0 Å². The first-order chi connectivity index (χ1) is 5.91. The van der Waals surface area contributed by atoms with Crippen molar-refractivity contribution in [3.05, 3.63) is 29.2 Å². The van der Waals surface area contributed by atoms with Gasteiger partial charge in [-0.1, -0.05) is 0 Å². The van der Waals surface area contributed by atoms with Gasteiger partial charge in [-0.15, -0.1) is 0 Å². The van der Waals surface area contributed by atoms with Crippen LogP contribution >= 0.6 is 7.60 Å². The van der Waals surface area contributed by atoms with Gasteiger partial charge in [-0.2, -0.15) is 0 Å². The molecule has 0 aliphatic carbocycles. The third-order valence-electron chi connectivity index (χ3n) is 1.39. The molecular weight excluding hydrogens is 261 g/mol. The molecule has 0 bridgehead atoms. The van der Waals surface area contributed by atoms with Crippen LogP contribution in [-0.4, -0.2) is 10.1 Å². The summed E-state index contributed by atoms with van der Waals surface area (Å²) in [5.41, 5.74) is -0.141. The first-order valence-corrected chi connectivity index (χ1v) is 4.74. The Morgan fingerprint density at radius 3 is 1.93 bits per heavy atom. The van der Waals surface area contributed by atoms with E-state index in [-0.39, 0.29) is 22.8 Å². The fourth-order valence-corrected chi connectivity index (χ4v) is 1.28. The Balaban J connectivity index is 0.00000169. The third kappa shape index (κ3) is 3.21. The van der Waals surface area contributed by atoms with Crippen molar-refractivity contribution in [1.82, 2.24) is 0 Å². The predicted octanol–water partition coefficient (Wildman–Crippen LogP) is -0.977. The molecule has 0 saturated carbocycles. The molecule has 0 heterocycles. The molecule has 0 aliphatic heterocycles. The van der Waals surface area contributed by atoms with Gasteiger partial charge in [0.1, 0.15) is 0 Å². The molecule has 0 atom stereocenters. The van der Waals surface area contributed by atoms with E-state index < -0.39 is 17.8 Å². The second-order valence-electron chi connectivity index (χ2n) is 2.29. The maximum Gasteiger partial charge on any atom is 0.316 e. The fourth-order valence-electron chi connectivity index (χ4n) is 0.763. The van der Waals surface area contributed by atoms with Gasteiger partial charge in [0.05, 0.1) is 4.91 Å². The Hall–Kier alpha value is -0.711. The molecule has 6 nitrogen and oxygen atoms in total. The van der Waals surface area contributed by atoms with Crippen LogP contribution < -0.4 is 15.1 Å². The zero-order valence-electron chi connectivity index (χ0n) is 6.59. The normalized spacial score (nSPS) is 10.4. The topological polar surface area (TPSA) is 104 Å². The Labute approximate surface area is 89.7 Å². The Morgan fingerprint density at radius 2 is 1.64 bits per heavy atom. The van der Waals surface area contributed by atoms with E-state index >= 15 is 0 Å². The van der Waals surface area contributed by atoms with Gasteiger partial charge in [-0.05, 0) is 25.0 Å². The number of hydrogen-bond donors (Lipinski definition) is 1. The predicted molar refractivity (Wildman–Crippen MR) is 38.8 cm³/mol. The molecule has 0 amide bonds. The van der Waals surface area contributed by atoms with E-state index in [4.69, 9.17) is 5.21 Å². The van der Waals surface area contributed by atoms with Crippen LogP contribution in [0.15, 0.2) is 24.3 Å². The Kier molecular flexibility index (Phi) is 4.44. The molecule has 1 aromatic carbocycles. The summed E-state index contributed by atoms with van der Waals surface area (Å²) in [6.07, 6.45) is 0. The van der Waals surface area contributed by atoms with Crippen LogP contribution in [0.5, 0.6) is 0 Å². The van der Waals surface area contributed by atoms with Crippen LogP contribution in [0.25, 0.3) is 0 Å². The van der Waals surface area contributed by atoms with Gasteiger partial charge >= 0.3 is 5.69 Å². The van der Waals surface area contributed by atoms with E-state index in [0.29, 0.717) is 0 Å². The van der Waals surface area contributed by atoms with E-state index in [1.54, 1.807) is 0 Å². The zero-order valence-corrected chi connectivity index (χ0v) is 8.42. The van der Waals surface area contributed by atoms with Gasteiger partial charge in [0.25, 0.3) is 4.92 Å². The van der Waals surface area contributed by atoms with Crippen molar-refractivity contribution in [2.45, 2.75) is 0 Å². The molecule has 1 aromatic rings. The summed E-state index contributed by atoms with van der Waals surface area (Å²) >= 11 is 0. The second-order valence-corrected chi connectivity index (χ2v) is 3.80. The molecular formula is C6H5CuNO5P-. The SMILES string of the molecule is O=[N+](O)c1ccc(P(=O)([O-])[O-])cc1.[Cu]. The number of nitrogens with zero attached hydrogens (tertiary/aromatic N) is 1. The van der Waals surface area contributed by atoms with Crippen molar-refractivity contribution in [3.8, 4) is 0 Å². The standard InChI is InChI=1S/C6H6NO5P.Cu/c8-7(9)5-1-3-6(4-2-5)13(10,11)12;/h1-4H,(H2-,8,9,10,11,12);/p-1. The number of hydrogen-bond acceptors (Lipinski definition) is 4. The second kappa shape index (κ2) is 4.68. The average Bonchev–Trinajstić information content (AvgIpc) is 2.03. The molecule has 1 N–H and O–H groups in total. The Bertz CT molecular complexity index is 372. The van der Waals surface area contributed by atoms with E-state index in [9.17, 15) is 19.3 Å². The van der Waals surface area contributed by atoms with Crippen LogP contribution in [0, 0.1) is 4.91 Å². The summed E-state index contributed by atoms with van der Waals surface area (Å²) < 4.78 is 10.4. The summed E-state index contributed by atoms with van der Waals surface area (Å²) in [6, 6.07) is 3.98. The average molecular weight is 266 g/mol. The van der Waals surface area contributed by atoms with Crippen molar-refractivity contribution in [3.63, 3.8) is 0 Å². The fraction of sp³-hybridized carbons (Fsp3) is 0. The molecule has 8 heteroatoms.